The number of benzene rings is 4. The molecule has 6 aromatic rings. The second-order valence-corrected chi connectivity index (χ2v) is 14.3. The number of carbonyl (C=O) groups excluding carboxylic acids is 1. The SMILES string of the molecule is Cc1c(-c2cccc3c(CCCOc4cccc5ccccc45)c(C(=O)O)[nH]c23)c(COc2ccc(B3OC(C)(C)C(C)(C)O3)c(C=O)c2)nn1C. The fraction of sp³-hybridized carbons (Fsp3) is 0.293. The Morgan fingerprint density at radius 1 is 0.962 bits per heavy atom. The highest BCUT2D eigenvalue weighted by Crippen LogP contribution is 2.38. The predicted octanol–water partition coefficient (Wildman–Crippen LogP) is 7.43. The number of aryl methyl sites for hydroxylation is 2. The van der Waals surface area contributed by atoms with E-state index in [1.165, 1.54) is 0 Å². The number of aldehydes is 1. The van der Waals surface area contributed by atoms with Crippen molar-refractivity contribution in [3.8, 4) is 22.6 Å². The van der Waals surface area contributed by atoms with Gasteiger partial charge in [0, 0.05) is 40.2 Å². The number of hydrogen-bond donors (Lipinski definition) is 2. The van der Waals surface area contributed by atoms with Gasteiger partial charge < -0.3 is 28.9 Å². The summed E-state index contributed by atoms with van der Waals surface area (Å²) in [6.07, 6.45) is 1.92. The summed E-state index contributed by atoms with van der Waals surface area (Å²) in [6.45, 7) is 10.4. The number of rotatable bonds is 12. The van der Waals surface area contributed by atoms with Crippen LogP contribution in [0.2, 0.25) is 0 Å². The number of carboxylic acids is 1. The molecule has 1 aliphatic heterocycles. The first-order valence-corrected chi connectivity index (χ1v) is 17.5. The number of carboxylic acid groups (broad SMARTS) is 1. The summed E-state index contributed by atoms with van der Waals surface area (Å²) < 4.78 is 26.6. The highest BCUT2D eigenvalue weighted by atomic mass is 16.7. The summed E-state index contributed by atoms with van der Waals surface area (Å²) in [5, 5.41) is 18.0. The third-order valence-corrected chi connectivity index (χ3v) is 10.5. The van der Waals surface area contributed by atoms with Crippen LogP contribution in [-0.2, 0) is 29.4 Å². The quantitative estimate of drug-likeness (QED) is 0.0768. The molecule has 1 fully saturated rings. The van der Waals surface area contributed by atoms with Crippen LogP contribution in [0.15, 0.2) is 78.9 Å². The van der Waals surface area contributed by atoms with Crippen LogP contribution in [0.1, 0.15) is 71.9 Å². The first kappa shape index (κ1) is 35.0. The zero-order chi connectivity index (χ0) is 36.8. The van der Waals surface area contributed by atoms with E-state index in [4.69, 9.17) is 23.9 Å². The van der Waals surface area contributed by atoms with Crippen molar-refractivity contribution in [3.05, 3.63) is 107 Å². The molecule has 0 spiro atoms. The summed E-state index contributed by atoms with van der Waals surface area (Å²) in [4.78, 5) is 27.9. The van der Waals surface area contributed by atoms with Gasteiger partial charge in [0.05, 0.1) is 23.3 Å². The maximum atomic E-state index is 12.5. The normalized spacial score (nSPS) is 15.0. The van der Waals surface area contributed by atoms with Crippen molar-refractivity contribution in [1.82, 2.24) is 14.8 Å². The Morgan fingerprint density at radius 3 is 2.42 bits per heavy atom. The van der Waals surface area contributed by atoms with Gasteiger partial charge in [-0.15, -0.1) is 0 Å². The number of carbonyl (C=O) groups is 2. The number of aromatic amines is 1. The largest absolute Gasteiger partial charge is 0.495 e. The first-order chi connectivity index (χ1) is 24.9. The number of fused-ring (bicyclic) bond motifs is 2. The molecule has 4 aromatic carbocycles. The van der Waals surface area contributed by atoms with Crippen LogP contribution in [0, 0.1) is 6.92 Å². The Balaban J connectivity index is 1.13. The van der Waals surface area contributed by atoms with Gasteiger partial charge in [-0.25, -0.2) is 4.79 Å². The van der Waals surface area contributed by atoms with E-state index in [1.54, 1.807) is 22.9 Å². The number of hydrogen-bond acceptors (Lipinski definition) is 7. The van der Waals surface area contributed by atoms with Crippen molar-refractivity contribution in [1.29, 1.82) is 0 Å². The Hall–Kier alpha value is -5.39. The Labute approximate surface area is 302 Å². The van der Waals surface area contributed by atoms with E-state index >= 15 is 0 Å². The predicted molar refractivity (Wildman–Crippen MR) is 202 cm³/mol. The second kappa shape index (κ2) is 13.6. The average Bonchev–Trinajstić information content (AvgIpc) is 3.72. The van der Waals surface area contributed by atoms with Crippen molar-refractivity contribution in [2.24, 2.45) is 7.05 Å². The van der Waals surface area contributed by atoms with Crippen molar-refractivity contribution >= 4 is 46.5 Å². The molecule has 1 saturated heterocycles. The third kappa shape index (κ3) is 6.35. The van der Waals surface area contributed by atoms with Crippen molar-refractivity contribution in [2.75, 3.05) is 6.61 Å². The molecular weight excluding hydrogens is 657 g/mol. The second-order valence-electron chi connectivity index (χ2n) is 14.3. The Morgan fingerprint density at radius 2 is 1.67 bits per heavy atom. The van der Waals surface area contributed by atoms with E-state index in [9.17, 15) is 14.7 Å². The van der Waals surface area contributed by atoms with E-state index in [0.717, 1.165) is 56.1 Å². The summed E-state index contributed by atoms with van der Waals surface area (Å²) in [5.41, 5.74) is 4.83. The minimum Gasteiger partial charge on any atom is -0.493 e. The number of nitrogens with zero attached hydrogens (tertiary/aromatic N) is 2. The molecule has 0 amide bonds. The molecule has 0 bridgehead atoms. The Bertz CT molecular complexity index is 2300. The van der Waals surface area contributed by atoms with Crippen LogP contribution in [-0.4, -0.2) is 57.1 Å². The van der Waals surface area contributed by atoms with Crippen molar-refractivity contribution < 1.29 is 33.5 Å². The van der Waals surface area contributed by atoms with Gasteiger partial charge in [0.15, 0.2) is 0 Å². The third-order valence-electron chi connectivity index (χ3n) is 10.5. The van der Waals surface area contributed by atoms with Crippen LogP contribution >= 0.6 is 0 Å². The summed E-state index contributed by atoms with van der Waals surface area (Å²) in [6, 6.07) is 25.2. The fourth-order valence-corrected chi connectivity index (χ4v) is 6.89. The summed E-state index contributed by atoms with van der Waals surface area (Å²) in [5.74, 6) is 0.284. The van der Waals surface area contributed by atoms with Crippen LogP contribution in [0.5, 0.6) is 11.5 Å². The number of H-pyrrole nitrogens is 1. The van der Waals surface area contributed by atoms with Crippen LogP contribution in [0.4, 0.5) is 0 Å². The van der Waals surface area contributed by atoms with Crippen LogP contribution < -0.4 is 14.9 Å². The first-order valence-electron chi connectivity index (χ1n) is 17.5. The topological polar surface area (TPSA) is 125 Å². The lowest BCUT2D eigenvalue weighted by Crippen LogP contribution is -2.41. The van der Waals surface area contributed by atoms with Gasteiger partial charge in [-0.2, -0.15) is 5.10 Å². The molecule has 7 rings (SSSR count). The lowest BCUT2D eigenvalue weighted by Gasteiger charge is -2.32. The van der Waals surface area contributed by atoms with Gasteiger partial charge in [-0.1, -0.05) is 60.7 Å². The van der Waals surface area contributed by atoms with E-state index in [0.29, 0.717) is 41.9 Å². The molecule has 1 aliphatic rings. The molecule has 0 atom stereocenters. The molecule has 0 saturated carbocycles. The van der Waals surface area contributed by atoms with Gasteiger partial charge in [0.25, 0.3) is 0 Å². The highest BCUT2D eigenvalue weighted by Gasteiger charge is 2.52. The number of ether oxygens (including phenoxy) is 2. The fourth-order valence-electron chi connectivity index (χ4n) is 6.89. The molecule has 2 N–H and O–H groups in total. The number of aromatic carboxylic acids is 1. The molecular formula is C41H42BN3O7. The average molecular weight is 700 g/mol. The summed E-state index contributed by atoms with van der Waals surface area (Å²) >= 11 is 0. The van der Waals surface area contributed by atoms with Crippen LogP contribution in [0.3, 0.4) is 0 Å². The van der Waals surface area contributed by atoms with E-state index in [1.807, 2.05) is 90.2 Å². The number of para-hydroxylation sites is 1. The van der Waals surface area contributed by atoms with E-state index in [-0.39, 0.29) is 12.3 Å². The maximum Gasteiger partial charge on any atom is 0.495 e. The molecule has 0 radical (unpaired) electrons. The minimum absolute atomic E-state index is 0.117. The lowest BCUT2D eigenvalue weighted by atomic mass is 9.76. The molecule has 0 aliphatic carbocycles. The number of aromatic nitrogens is 3. The van der Waals surface area contributed by atoms with Gasteiger partial charge in [-0.3, -0.25) is 9.48 Å². The van der Waals surface area contributed by atoms with Gasteiger partial charge in [0.1, 0.15) is 35.8 Å². The van der Waals surface area contributed by atoms with Crippen LogP contribution in [0.25, 0.3) is 32.8 Å². The highest BCUT2D eigenvalue weighted by molar-refractivity contribution is 6.63. The molecule has 11 heteroatoms. The van der Waals surface area contributed by atoms with Crippen molar-refractivity contribution in [3.63, 3.8) is 0 Å². The summed E-state index contributed by atoms with van der Waals surface area (Å²) in [7, 11) is 1.19. The monoisotopic (exact) mass is 699 g/mol. The molecule has 52 heavy (non-hydrogen) atoms. The van der Waals surface area contributed by atoms with E-state index < -0.39 is 24.3 Å². The molecule has 2 aromatic heterocycles. The number of nitrogens with one attached hydrogen (secondary N) is 1. The standard InChI is InChI=1S/C41H42BN3O7/c1-25-36(34(44-45(25)6)24-50-28-19-20-33(27(22-28)23-46)42-51-40(2,3)41(4,5)52-42)32-16-10-15-30-31(38(39(47)48)43-37(30)32)17-11-21-49-35-18-9-13-26-12-7-8-14-29(26)35/h7-10,12-16,18-20,22-23,43H,11,17,21,24H2,1-6H3,(H,47,48). The zero-order valence-corrected chi connectivity index (χ0v) is 30.3. The van der Waals surface area contributed by atoms with Gasteiger partial charge >= 0.3 is 13.1 Å². The molecule has 266 valence electrons. The van der Waals surface area contributed by atoms with Crippen molar-refractivity contribution in [2.45, 2.75) is 65.3 Å². The van der Waals surface area contributed by atoms with Gasteiger partial charge in [-0.05, 0) is 82.1 Å². The van der Waals surface area contributed by atoms with E-state index in [2.05, 4.69) is 17.1 Å². The smallest absolute Gasteiger partial charge is 0.493 e. The Kier molecular flexibility index (Phi) is 9.18. The lowest BCUT2D eigenvalue weighted by molar-refractivity contribution is 0.00578. The zero-order valence-electron chi connectivity index (χ0n) is 30.3. The maximum absolute atomic E-state index is 12.5. The van der Waals surface area contributed by atoms with Gasteiger partial charge in [0.2, 0.25) is 0 Å². The molecule has 10 nitrogen and oxygen atoms in total. The molecule has 0 unspecified atom stereocenters. The molecule has 3 heterocycles. The minimum atomic E-state index is -1.02.